The molecule has 1 aromatic heterocycles. The molecule has 3 aromatic rings. The lowest BCUT2D eigenvalue weighted by molar-refractivity contribution is 0.279. The summed E-state index contributed by atoms with van der Waals surface area (Å²) in [6.45, 7) is 1.77. The highest BCUT2D eigenvalue weighted by molar-refractivity contribution is 5.81. The lowest BCUT2D eigenvalue weighted by Gasteiger charge is -2.11. The van der Waals surface area contributed by atoms with Crippen molar-refractivity contribution in [3.8, 4) is 11.5 Å². The van der Waals surface area contributed by atoms with E-state index < -0.39 is 5.69 Å². The van der Waals surface area contributed by atoms with Crippen molar-refractivity contribution in [3.63, 3.8) is 0 Å². The predicted octanol–water partition coefficient (Wildman–Crippen LogP) is 2.65. The molecule has 0 saturated carbocycles. The first-order valence-corrected chi connectivity index (χ1v) is 8.33. The number of rotatable bonds is 7. The predicted molar refractivity (Wildman–Crippen MR) is 102 cm³/mol. The molecule has 0 bridgehead atoms. The minimum atomic E-state index is -0.568. The summed E-state index contributed by atoms with van der Waals surface area (Å²) in [5.41, 5.74) is 3.78. The molecule has 0 saturated heterocycles. The molecular formula is C19H18FN5O3. The number of anilines is 1. The standard InChI is InChI=1S/C19H18FN5O3/c1-12-18(22-19(26)25-23-12)24-21-10-13-7-8-16(17(9-13)27-2)28-11-14-5-3-4-6-15(14)20/h3-10H,11H2,1-2H3,(H2,22,24,25,26). The smallest absolute Gasteiger partial charge is 0.363 e. The van der Waals surface area contributed by atoms with Gasteiger partial charge in [-0.3, -0.25) is 5.43 Å². The third kappa shape index (κ3) is 4.70. The van der Waals surface area contributed by atoms with Gasteiger partial charge in [0.15, 0.2) is 17.3 Å². The summed E-state index contributed by atoms with van der Waals surface area (Å²) >= 11 is 0. The molecule has 3 rings (SSSR count). The Morgan fingerprint density at radius 2 is 2.07 bits per heavy atom. The second kappa shape index (κ2) is 8.76. The molecular weight excluding hydrogens is 365 g/mol. The molecule has 0 aliphatic heterocycles. The van der Waals surface area contributed by atoms with Crippen molar-refractivity contribution in [1.82, 2.24) is 15.2 Å². The van der Waals surface area contributed by atoms with Crippen LogP contribution in [0.1, 0.15) is 16.8 Å². The van der Waals surface area contributed by atoms with E-state index in [0.29, 0.717) is 22.8 Å². The molecule has 9 heteroatoms. The summed E-state index contributed by atoms with van der Waals surface area (Å²) in [5.74, 6) is 0.894. The molecule has 28 heavy (non-hydrogen) atoms. The van der Waals surface area contributed by atoms with Gasteiger partial charge in [-0.05, 0) is 36.8 Å². The number of hydrogen-bond acceptors (Lipinski definition) is 7. The van der Waals surface area contributed by atoms with E-state index in [1.807, 2.05) is 0 Å². The number of benzene rings is 2. The Morgan fingerprint density at radius 1 is 1.25 bits per heavy atom. The normalized spacial score (nSPS) is 10.8. The third-order valence-corrected chi connectivity index (χ3v) is 3.79. The van der Waals surface area contributed by atoms with Gasteiger partial charge in [-0.25, -0.2) is 14.3 Å². The summed E-state index contributed by atoms with van der Waals surface area (Å²) in [4.78, 5) is 14.9. The van der Waals surface area contributed by atoms with Crippen LogP contribution in [-0.2, 0) is 6.61 Å². The van der Waals surface area contributed by atoms with Crippen LogP contribution in [0, 0.1) is 12.7 Å². The van der Waals surface area contributed by atoms with Crippen molar-refractivity contribution < 1.29 is 13.9 Å². The number of aromatic amines is 1. The zero-order valence-electron chi connectivity index (χ0n) is 15.3. The number of nitrogens with one attached hydrogen (secondary N) is 2. The van der Waals surface area contributed by atoms with Crippen molar-refractivity contribution in [2.45, 2.75) is 13.5 Å². The Kier molecular flexibility index (Phi) is 5.95. The largest absolute Gasteiger partial charge is 0.493 e. The second-order valence-corrected chi connectivity index (χ2v) is 5.73. The van der Waals surface area contributed by atoms with Crippen LogP contribution in [0.25, 0.3) is 0 Å². The molecule has 0 aliphatic rings. The summed E-state index contributed by atoms with van der Waals surface area (Å²) in [6, 6.07) is 11.6. The van der Waals surface area contributed by atoms with Crippen LogP contribution in [0.3, 0.4) is 0 Å². The van der Waals surface area contributed by atoms with E-state index >= 15 is 0 Å². The van der Waals surface area contributed by atoms with E-state index in [0.717, 1.165) is 5.56 Å². The van der Waals surface area contributed by atoms with Crippen molar-refractivity contribution in [3.05, 3.63) is 75.6 Å². The molecule has 0 unspecified atom stereocenters. The van der Waals surface area contributed by atoms with Crippen molar-refractivity contribution in [2.24, 2.45) is 5.10 Å². The number of aryl methyl sites for hydroxylation is 1. The molecule has 0 fully saturated rings. The molecule has 0 amide bonds. The number of hydrazone groups is 1. The summed E-state index contributed by atoms with van der Waals surface area (Å²) in [7, 11) is 1.51. The van der Waals surface area contributed by atoms with Gasteiger partial charge in [0.2, 0.25) is 0 Å². The van der Waals surface area contributed by atoms with Crippen LogP contribution in [0.2, 0.25) is 0 Å². The van der Waals surface area contributed by atoms with Gasteiger partial charge in [-0.15, -0.1) is 0 Å². The summed E-state index contributed by atoms with van der Waals surface area (Å²) < 4.78 is 24.7. The van der Waals surface area contributed by atoms with Crippen LogP contribution in [0.5, 0.6) is 11.5 Å². The highest BCUT2D eigenvalue weighted by Gasteiger charge is 2.08. The Morgan fingerprint density at radius 3 is 2.86 bits per heavy atom. The molecule has 0 aliphatic carbocycles. The molecule has 0 spiro atoms. The molecule has 2 N–H and O–H groups in total. The summed E-state index contributed by atoms with van der Waals surface area (Å²) in [5, 5.41) is 10.1. The third-order valence-electron chi connectivity index (χ3n) is 3.79. The van der Waals surface area contributed by atoms with Crippen LogP contribution in [0.4, 0.5) is 10.2 Å². The van der Waals surface area contributed by atoms with Gasteiger partial charge < -0.3 is 9.47 Å². The Balaban J connectivity index is 1.69. The van der Waals surface area contributed by atoms with Gasteiger partial charge in [-0.2, -0.15) is 15.2 Å². The fourth-order valence-electron chi connectivity index (χ4n) is 2.32. The number of hydrogen-bond donors (Lipinski definition) is 2. The van der Waals surface area contributed by atoms with Crippen LogP contribution >= 0.6 is 0 Å². The van der Waals surface area contributed by atoms with Gasteiger partial charge >= 0.3 is 5.69 Å². The molecule has 2 aromatic carbocycles. The Bertz CT molecular complexity index is 1050. The van der Waals surface area contributed by atoms with Gasteiger partial charge in [0.1, 0.15) is 18.1 Å². The SMILES string of the molecule is COc1cc(C=NNc2nc(=O)[nH]nc2C)ccc1OCc1ccccc1F. The second-order valence-electron chi connectivity index (χ2n) is 5.73. The van der Waals surface area contributed by atoms with E-state index in [4.69, 9.17) is 9.47 Å². The number of ether oxygens (including phenoxy) is 2. The molecule has 0 radical (unpaired) electrons. The van der Waals surface area contributed by atoms with Crippen LogP contribution < -0.4 is 20.6 Å². The number of methoxy groups -OCH3 is 1. The van der Waals surface area contributed by atoms with E-state index in [9.17, 15) is 9.18 Å². The maximum absolute atomic E-state index is 13.7. The molecule has 0 atom stereocenters. The van der Waals surface area contributed by atoms with Crippen molar-refractivity contribution in [1.29, 1.82) is 0 Å². The average molecular weight is 383 g/mol. The van der Waals surface area contributed by atoms with E-state index in [1.54, 1.807) is 43.3 Å². The van der Waals surface area contributed by atoms with E-state index in [2.05, 4.69) is 25.7 Å². The first-order valence-electron chi connectivity index (χ1n) is 8.33. The fourth-order valence-corrected chi connectivity index (χ4v) is 2.32. The number of halogens is 1. The average Bonchev–Trinajstić information content (AvgIpc) is 2.70. The lowest BCUT2D eigenvalue weighted by Crippen LogP contribution is -2.15. The topological polar surface area (TPSA) is 101 Å². The van der Waals surface area contributed by atoms with Crippen molar-refractivity contribution >= 4 is 12.0 Å². The Labute approximate surface area is 160 Å². The zero-order valence-corrected chi connectivity index (χ0v) is 15.3. The minimum absolute atomic E-state index is 0.0819. The number of aromatic nitrogens is 3. The lowest BCUT2D eigenvalue weighted by atomic mass is 10.2. The molecule has 1 heterocycles. The maximum atomic E-state index is 13.7. The molecule has 144 valence electrons. The fraction of sp³-hybridized carbons (Fsp3) is 0.158. The first-order chi connectivity index (χ1) is 13.6. The van der Waals surface area contributed by atoms with Crippen LogP contribution in [-0.4, -0.2) is 28.5 Å². The monoisotopic (exact) mass is 383 g/mol. The van der Waals surface area contributed by atoms with E-state index in [-0.39, 0.29) is 18.2 Å². The number of H-pyrrole nitrogens is 1. The highest BCUT2D eigenvalue weighted by Crippen LogP contribution is 2.28. The Hall–Kier alpha value is -3.75. The molecule has 8 nitrogen and oxygen atoms in total. The van der Waals surface area contributed by atoms with E-state index in [1.165, 1.54) is 19.4 Å². The summed E-state index contributed by atoms with van der Waals surface area (Å²) in [6.07, 6.45) is 1.53. The first kappa shape index (κ1) is 19.0. The van der Waals surface area contributed by atoms with Gasteiger partial charge in [0, 0.05) is 5.56 Å². The van der Waals surface area contributed by atoms with Gasteiger partial charge in [-0.1, -0.05) is 18.2 Å². The van der Waals surface area contributed by atoms with Crippen molar-refractivity contribution in [2.75, 3.05) is 12.5 Å². The van der Waals surface area contributed by atoms with Gasteiger partial charge in [0.05, 0.1) is 13.3 Å². The zero-order chi connectivity index (χ0) is 19.9. The minimum Gasteiger partial charge on any atom is -0.493 e. The number of nitrogens with zero attached hydrogens (tertiary/aromatic N) is 3. The highest BCUT2D eigenvalue weighted by atomic mass is 19.1. The van der Waals surface area contributed by atoms with Crippen LogP contribution in [0.15, 0.2) is 52.4 Å². The quantitative estimate of drug-likeness (QED) is 0.480. The van der Waals surface area contributed by atoms with Gasteiger partial charge in [0.25, 0.3) is 0 Å². The maximum Gasteiger partial charge on any atom is 0.363 e.